The molecular formula is C19H36O6. The Labute approximate surface area is 151 Å². The number of hydrogen-bond acceptors (Lipinski definition) is 6. The number of aliphatic hydroxyl groups is 4. The van der Waals surface area contributed by atoms with E-state index in [1.54, 1.807) is 0 Å². The number of carbonyl (C=O) groups excluding carboxylic acids is 1. The maximum Gasteiger partial charge on any atom is 0.202 e. The molecule has 0 unspecified atom stereocenters. The quantitative estimate of drug-likeness (QED) is 0.353. The zero-order valence-corrected chi connectivity index (χ0v) is 15.5. The van der Waals surface area contributed by atoms with Crippen LogP contribution >= 0.6 is 0 Å². The number of rotatable bonds is 14. The monoisotopic (exact) mass is 360 g/mol. The minimum Gasteiger partial charge on any atom is -0.394 e. The van der Waals surface area contributed by atoms with Gasteiger partial charge in [-0.1, -0.05) is 64.7 Å². The Hall–Kier alpha value is -0.530. The fourth-order valence-electron chi connectivity index (χ4n) is 3.34. The number of aliphatic hydroxyl groups excluding tert-OH is 3. The van der Waals surface area contributed by atoms with Gasteiger partial charge in [0.1, 0.15) is 24.1 Å². The molecule has 0 spiro atoms. The molecule has 0 amide bonds. The van der Waals surface area contributed by atoms with Gasteiger partial charge < -0.3 is 25.2 Å². The van der Waals surface area contributed by atoms with Crippen LogP contribution in [0.3, 0.4) is 0 Å². The normalized spacial score (nSPS) is 29.2. The summed E-state index contributed by atoms with van der Waals surface area (Å²) in [5.41, 5.74) is 0. The smallest absolute Gasteiger partial charge is 0.202 e. The third kappa shape index (κ3) is 7.71. The molecule has 148 valence electrons. The minimum atomic E-state index is -2.09. The fourth-order valence-corrected chi connectivity index (χ4v) is 3.34. The molecule has 6 nitrogen and oxygen atoms in total. The van der Waals surface area contributed by atoms with Gasteiger partial charge in [-0.15, -0.1) is 0 Å². The molecule has 4 atom stereocenters. The number of Topliss-reactive ketones (excluding diaryl/α,β-unsaturated/α-hetero) is 1. The molecule has 1 saturated heterocycles. The van der Waals surface area contributed by atoms with Crippen molar-refractivity contribution in [1.82, 2.24) is 0 Å². The Morgan fingerprint density at radius 2 is 1.48 bits per heavy atom. The predicted octanol–water partition coefficient (Wildman–Crippen LogP) is 2.06. The van der Waals surface area contributed by atoms with E-state index in [-0.39, 0.29) is 12.2 Å². The van der Waals surface area contributed by atoms with Crippen molar-refractivity contribution in [2.75, 3.05) is 6.61 Å². The number of ether oxygens (including phenoxy) is 1. The van der Waals surface area contributed by atoms with Crippen LogP contribution in [0.2, 0.25) is 0 Å². The van der Waals surface area contributed by atoms with Crippen LogP contribution in [0.4, 0.5) is 0 Å². The number of carbonyl (C=O) groups is 1. The highest BCUT2D eigenvalue weighted by molar-refractivity contribution is 5.79. The Kier molecular flexibility index (Phi) is 10.8. The second-order valence-corrected chi connectivity index (χ2v) is 7.27. The lowest BCUT2D eigenvalue weighted by Gasteiger charge is -2.25. The van der Waals surface area contributed by atoms with Gasteiger partial charge in [-0.05, 0) is 6.42 Å². The Morgan fingerprint density at radius 3 is 1.96 bits per heavy atom. The molecule has 25 heavy (non-hydrogen) atoms. The van der Waals surface area contributed by atoms with Crippen LogP contribution in [0.1, 0.15) is 84.0 Å². The van der Waals surface area contributed by atoms with E-state index in [1.165, 1.54) is 44.9 Å². The van der Waals surface area contributed by atoms with Crippen LogP contribution in [0.5, 0.6) is 0 Å². The lowest BCUT2D eigenvalue weighted by Crippen LogP contribution is -2.44. The topological polar surface area (TPSA) is 107 Å². The molecule has 0 bridgehead atoms. The second kappa shape index (κ2) is 12.0. The molecule has 1 heterocycles. The summed E-state index contributed by atoms with van der Waals surface area (Å²) in [4.78, 5) is 12.0. The Morgan fingerprint density at radius 1 is 0.960 bits per heavy atom. The number of unbranched alkanes of at least 4 members (excludes halogenated alkanes) is 9. The molecule has 0 aromatic rings. The third-order valence-corrected chi connectivity index (χ3v) is 4.96. The van der Waals surface area contributed by atoms with Crippen LogP contribution in [0, 0.1) is 0 Å². The summed E-state index contributed by atoms with van der Waals surface area (Å²) < 4.78 is 5.08. The number of hydrogen-bond donors (Lipinski definition) is 4. The summed E-state index contributed by atoms with van der Waals surface area (Å²) in [6.07, 6.45) is 7.73. The average Bonchev–Trinajstić information content (AvgIpc) is 2.80. The first-order valence-corrected chi connectivity index (χ1v) is 9.83. The van der Waals surface area contributed by atoms with Crippen molar-refractivity contribution < 1.29 is 30.0 Å². The van der Waals surface area contributed by atoms with E-state index in [0.717, 1.165) is 19.3 Å². The standard InChI is InChI=1S/C19H36O6/c1-2-3-4-5-6-7-8-9-10-11-12-15(21)13-19(24)18(23)17(22)16(14-20)25-19/h16-18,20,22-24H,2-14H2,1H3/t16-,17+,18-,19+/m1/s1. The lowest BCUT2D eigenvalue weighted by molar-refractivity contribution is -0.231. The molecule has 0 aromatic carbocycles. The third-order valence-electron chi connectivity index (χ3n) is 4.96. The van der Waals surface area contributed by atoms with Crippen LogP contribution in [-0.4, -0.2) is 56.9 Å². The molecule has 0 saturated carbocycles. The highest BCUT2D eigenvalue weighted by Crippen LogP contribution is 2.32. The van der Waals surface area contributed by atoms with Crippen molar-refractivity contribution in [2.24, 2.45) is 0 Å². The minimum absolute atomic E-state index is 0.202. The summed E-state index contributed by atoms with van der Waals surface area (Å²) in [7, 11) is 0. The lowest BCUT2D eigenvalue weighted by atomic mass is 9.97. The summed E-state index contributed by atoms with van der Waals surface area (Å²) >= 11 is 0. The van der Waals surface area contributed by atoms with E-state index < -0.39 is 30.7 Å². The zero-order chi connectivity index (χ0) is 18.7. The summed E-state index contributed by atoms with van der Waals surface area (Å²) in [5, 5.41) is 38.7. The van der Waals surface area contributed by atoms with Crippen LogP contribution in [-0.2, 0) is 9.53 Å². The van der Waals surface area contributed by atoms with Gasteiger partial charge in [-0.2, -0.15) is 0 Å². The van der Waals surface area contributed by atoms with E-state index in [1.807, 2.05) is 0 Å². The summed E-state index contributed by atoms with van der Waals surface area (Å²) in [5.74, 6) is -2.30. The highest BCUT2D eigenvalue weighted by Gasteiger charge is 2.53. The van der Waals surface area contributed by atoms with Gasteiger partial charge in [0.25, 0.3) is 0 Å². The van der Waals surface area contributed by atoms with Gasteiger partial charge in [-0.25, -0.2) is 0 Å². The van der Waals surface area contributed by atoms with E-state index in [4.69, 9.17) is 9.84 Å². The zero-order valence-electron chi connectivity index (χ0n) is 15.5. The van der Waals surface area contributed by atoms with Crippen molar-refractivity contribution in [3.8, 4) is 0 Å². The van der Waals surface area contributed by atoms with Gasteiger partial charge in [0, 0.05) is 6.42 Å². The van der Waals surface area contributed by atoms with E-state index >= 15 is 0 Å². The van der Waals surface area contributed by atoms with Gasteiger partial charge in [0.15, 0.2) is 0 Å². The van der Waals surface area contributed by atoms with Crippen molar-refractivity contribution in [2.45, 2.75) is 108 Å². The summed E-state index contributed by atoms with van der Waals surface area (Å²) in [6, 6.07) is 0. The highest BCUT2D eigenvalue weighted by atomic mass is 16.7. The van der Waals surface area contributed by atoms with E-state index in [9.17, 15) is 20.1 Å². The van der Waals surface area contributed by atoms with Crippen molar-refractivity contribution in [3.05, 3.63) is 0 Å². The molecule has 0 aromatic heterocycles. The molecule has 1 aliphatic heterocycles. The molecule has 1 fully saturated rings. The van der Waals surface area contributed by atoms with Crippen LogP contribution in [0.25, 0.3) is 0 Å². The average molecular weight is 360 g/mol. The van der Waals surface area contributed by atoms with Crippen molar-refractivity contribution in [1.29, 1.82) is 0 Å². The molecule has 1 rings (SSSR count). The molecular weight excluding hydrogens is 324 g/mol. The van der Waals surface area contributed by atoms with E-state index in [0.29, 0.717) is 6.42 Å². The first kappa shape index (κ1) is 22.5. The van der Waals surface area contributed by atoms with Gasteiger partial charge in [-0.3, -0.25) is 4.79 Å². The molecule has 6 heteroatoms. The maximum absolute atomic E-state index is 12.0. The maximum atomic E-state index is 12.0. The van der Waals surface area contributed by atoms with Crippen LogP contribution < -0.4 is 0 Å². The second-order valence-electron chi connectivity index (χ2n) is 7.27. The van der Waals surface area contributed by atoms with E-state index in [2.05, 4.69) is 6.92 Å². The fraction of sp³-hybridized carbons (Fsp3) is 0.947. The molecule has 0 aliphatic carbocycles. The molecule has 4 N–H and O–H groups in total. The molecule has 0 radical (unpaired) electrons. The first-order chi connectivity index (χ1) is 11.9. The first-order valence-electron chi connectivity index (χ1n) is 9.83. The Balaban J connectivity index is 2.09. The van der Waals surface area contributed by atoms with Gasteiger partial charge in [0.2, 0.25) is 5.79 Å². The van der Waals surface area contributed by atoms with Crippen molar-refractivity contribution in [3.63, 3.8) is 0 Å². The van der Waals surface area contributed by atoms with Gasteiger partial charge >= 0.3 is 0 Å². The Bertz CT molecular complexity index is 375. The number of ketones is 1. The van der Waals surface area contributed by atoms with Gasteiger partial charge in [0.05, 0.1) is 13.0 Å². The predicted molar refractivity (Wildman–Crippen MR) is 95.0 cm³/mol. The molecule has 1 aliphatic rings. The SMILES string of the molecule is CCCCCCCCCCCCC(=O)C[C@]1(O)O[C@H](CO)[C@H](O)[C@H]1O. The largest absolute Gasteiger partial charge is 0.394 e. The van der Waals surface area contributed by atoms with Crippen LogP contribution in [0.15, 0.2) is 0 Å². The summed E-state index contributed by atoms with van der Waals surface area (Å²) in [6.45, 7) is 1.69. The van der Waals surface area contributed by atoms with Crippen molar-refractivity contribution >= 4 is 5.78 Å².